The number of rotatable bonds is 3. The molecule has 0 aromatic carbocycles. The molecule has 0 bridgehead atoms. The summed E-state index contributed by atoms with van der Waals surface area (Å²) in [5.41, 5.74) is 3.99. The summed E-state index contributed by atoms with van der Waals surface area (Å²) < 4.78 is 31.3. The van der Waals surface area contributed by atoms with Crippen LogP contribution in [0.15, 0.2) is 20.7 Å². The van der Waals surface area contributed by atoms with Gasteiger partial charge in [0.25, 0.3) is 5.56 Å². The summed E-state index contributed by atoms with van der Waals surface area (Å²) in [6.07, 6.45) is 0.465. The van der Waals surface area contributed by atoms with Crippen LogP contribution >= 0.6 is 0 Å². The van der Waals surface area contributed by atoms with Gasteiger partial charge in [-0.15, -0.1) is 0 Å². The van der Waals surface area contributed by atoms with E-state index in [4.69, 9.17) is 10.5 Å². The van der Waals surface area contributed by atoms with Crippen molar-refractivity contribution in [2.75, 3.05) is 19.7 Å². The van der Waals surface area contributed by atoms with Gasteiger partial charge in [-0.2, -0.15) is 4.31 Å². The van der Waals surface area contributed by atoms with Gasteiger partial charge in [-0.05, 0) is 6.92 Å². The monoisotopic (exact) mass is 304 g/mol. The van der Waals surface area contributed by atoms with Crippen molar-refractivity contribution in [2.24, 2.45) is 5.73 Å². The molecule has 0 amide bonds. The Morgan fingerprint density at radius 3 is 2.80 bits per heavy atom. The van der Waals surface area contributed by atoms with Crippen molar-refractivity contribution in [1.29, 1.82) is 0 Å². The van der Waals surface area contributed by atoms with Gasteiger partial charge in [-0.25, -0.2) is 13.2 Å². The van der Waals surface area contributed by atoms with Crippen molar-refractivity contribution in [1.82, 2.24) is 14.3 Å². The van der Waals surface area contributed by atoms with Crippen LogP contribution in [-0.4, -0.2) is 54.5 Å². The summed E-state index contributed by atoms with van der Waals surface area (Å²) >= 11 is 0. The highest BCUT2D eigenvalue weighted by molar-refractivity contribution is 7.89. The molecule has 20 heavy (non-hydrogen) atoms. The lowest BCUT2D eigenvalue weighted by molar-refractivity contribution is -0.0120. The van der Waals surface area contributed by atoms with E-state index in [2.05, 4.69) is 4.98 Å². The Hall–Kier alpha value is -1.49. The van der Waals surface area contributed by atoms with E-state index in [9.17, 15) is 18.0 Å². The molecule has 2 unspecified atom stereocenters. The van der Waals surface area contributed by atoms with Crippen LogP contribution in [0.25, 0.3) is 0 Å². The number of sulfonamides is 1. The molecule has 1 aromatic rings. The van der Waals surface area contributed by atoms with Gasteiger partial charge in [-0.1, -0.05) is 0 Å². The predicted molar refractivity (Wildman–Crippen MR) is 69.8 cm³/mol. The molecule has 0 aliphatic carbocycles. The number of nitrogens with two attached hydrogens (primary N) is 1. The molecule has 1 saturated heterocycles. The van der Waals surface area contributed by atoms with Crippen LogP contribution in [0.2, 0.25) is 0 Å². The smallest absolute Gasteiger partial charge is 0.325 e. The first kappa shape index (κ1) is 14.9. The SMILES string of the molecule is CC(N)C1CN(S(=O)(=O)c2c[nH]c(=O)[nH]c2=O)CCO1. The van der Waals surface area contributed by atoms with E-state index in [0.29, 0.717) is 0 Å². The molecule has 9 nitrogen and oxygen atoms in total. The van der Waals surface area contributed by atoms with E-state index in [1.54, 1.807) is 6.92 Å². The minimum absolute atomic E-state index is 0.0680. The second kappa shape index (κ2) is 5.48. The predicted octanol–water partition coefficient (Wildman–Crippen LogP) is -2.20. The van der Waals surface area contributed by atoms with Crippen LogP contribution in [0.5, 0.6) is 0 Å². The van der Waals surface area contributed by atoms with Gasteiger partial charge in [0, 0.05) is 25.3 Å². The van der Waals surface area contributed by atoms with E-state index in [-0.39, 0.29) is 25.7 Å². The van der Waals surface area contributed by atoms with Crippen molar-refractivity contribution in [3.63, 3.8) is 0 Å². The highest BCUT2D eigenvalue weighted by atomic mass is 32.2. The minimum Gasteiger partial charge on any atom is -0.374 e. The second-order valence-electron chi connectivity index (χ2n) is 4.57. The Morgan fingerprint density at radius 2 is 2.20 bits per heavy atom. The third-order valence-electron chi connectivity index (χ3n) is 3.05. The first-order chi connectivity index (χ1) is 9.32. The first-order valence-corrected chi connectivity index (χ1v) is 7.45. The maximum atomic E-state index is 12.4. The summed E-state index contributed by atoms with van der Waals surface area (Å²) in [6, 6.07) is -0.332. The average Bonchev–Trinajstić information content (AvgIpc) is 2.38. The van der Waals surface area contributed by atoms with Crippen molar-refractivity contribution in [2.45, 2.75) is 24.0 Å². The molecule has 2 atom stereocenters. The van der Waals surface area contributed by atoms with Crippen LogP contribution in [0.4, 0.5) is 0 Å². The van der Waals surface area contributed by atoms with E-state index in [1.165, 1.54) is 0 Å². The van der Waals surface area contributed by atoms with Gasteiger partial charge < -0.3 is 15.5 Å². The van der Waals surface area contributed by atoms with Gasteiger partial charge in [-0.3, -0.25) is 9.78 Å². The topological polar surface area (TPSA) is 138 Å². The maximum Gasteiger partial charge on any atom is 0.325 e. The molecule has 2 heterocycles. The summed E-state index contributed by atoms with van der Waals surface area (Å²) in [7, 11) is -3.99. The fourth-order valence-corrected chi connectivity index (χ4v) is 3.34. The Bertz CT molecular complexity index is 692. The molecule has 1 fully saturated rings. The fraction of sp³-hybridized carbons (Fsp3) is 0.600. The van der Waals surface area contributed by atoms with Crippen molar-refractivity contribution in [3.05, 3.63) is 27.0 Å². The standard InChI is InChI=1S/C10H16N4O5S/c1-6(11)7-5-14(2-3-19-7)20(17,18)8-4-12-10(16)13-9(8)15/h4,6-7H,2-3,5,11H2,1H3,(H2,12,13,15,16). The molecule has 4 N–H and O–H groups in total. The molecule has 112 valence electrons. The molecule has 0 radical (unpaired) electrons. The van der Waals surface area contributed by atoms with Gasteiger partial charge in [0.1, 0.15) is 0 Å². The Labute approximate surface area is 114 Å². The van der Waals surface area contributed by atoms with E-state index < -0.39 is 32.3 Å². The number of H-pyrrole nitrogens is 2. The summed E-state index contributed by atoms with van der Waals surface area (Å²) in [6.45, 7) is 2.11. The number of ether oxygens (including phenoxy) is 1. The number of nitrogens with zero attached hydrogens (tertiary/aromatic N) is 1. The third kappa shape index (κ3) is 2.82. The number of hydrogen-bond acceptors (Lipinski definition) is 6. The fourth-order valence-electron chi connectivity index (χ4n) is 1.92. The Morgan fingerprint density at radius 1 is 1.50 bits per heavy atom. The molecule has 1 aliphatic rings. The first-order valence-electron chi connectivity index (χ1n) is 6.01. The molecule has 2 rings (SSSR count). The highest BCUT2D eigenvalue weighted by Gasteiger charge is 2.33. The normalized spacial score (nSPS) is 22.6. The summed E-state index contributed by atoms with van der Waals surface area (Å²) in [5, 5.41) is 0. The number of nitrogens with one attached hydrogen (secondary N) is 2. The molecule has 1 aromatic heterocycles. The van der Waals surface area contributed by atoms with Gasteiger partial charge in [0.05, 0.1) is 12.7 Å². The lowest BCUT2D eigenvalue weighted by Crippen LogP contribution is -2.52. The number of morpholine rings is 1. The third-order valence-corrected chi connectivity index (χ3v) is 4.92. The average molecular weight is 304 g/mol. The van der Waals surface area contributed by atoms with Gasteiger partial charge in [0.2, 0.25) is 10.0 Å². The zero-order valence-electron chi connectivity index (χ0n) is 10.8. The van der Waals surface area contributed by atoms with Crippen LogP contribution in [0.1, 0.15) is 6.92 Å². The molecule has 1 aliphatic heterocycles. The zero-order valence-corrected chi connectivity index (χ0v) is 11.6. The number of hydrogen-bond donors (Lipinski definition) is 3. The second-order valence-corrected chi connectivity index (χ2v) is 6.47. The van der Waals surface area contributed by atoms with Crippen LogP contribution in [0.3, 0.4) is 0 Å². The van der Waals surface area contributed by atoms with Crippen LogP contribution < -0.4 is 17.0 Å². The van der Waals surface area contributed by atoms with E-state index >= 15 is 0 Å². The van der Waals surface area contributed by atoms with Gasteiger partial charge >= 0.3 is 5.69 Å². The maximum absolute atomic E-state index is 12.4. The minimum atomic E-state index is -3.99. The lowest BCUT2D eigenvalue weighted by Gasteiger charge is -2.33. The van der Waals surface area contributed by atoms with Crippen molar-refractivity contribution in [3.8, 4) is 0 Å². The highest BCUT2D eigenvalue weighted by Crippen LogP contribution is 2.16. The zero-order chi connectivity index (χ0) is 14.9. The molecular weight excluding hydrogens is 288 g/mol. The number of aromatic amines is 2. The molecule has 0 saturated carbocycles. The van der Waals surface area contributed by atoms with Crippen molar-refractivity contribution < 1.29 is 13.2 Å². The number of aromatic nitrogens is 2. The van der Waals surface area contributed by atoms with E-state index in [1.807, 2.05) is 4.98 Å². The summed E-state index contributed by atoms with van der Waals surface area (Å²) in [4.78, 5) is 26.1. The molecular formula is C10H16N4O5S. The van der Waals surface area contributed by atoms with E-state index in [0.717, 1.165) is 10.5 Å². The molecule has 0 spiro atoms. The Kier molecular flexibility index (Phi) is 4.09. The van der Waals surface area contributed by atoms with Crippen LogP contribution in [0, 0.1) is 0 Å². The molecule has 10 heteroatoms. The largest absolute Gasteiger partial charge is 0.374 e. The van der Waals surface area contributed by atoms with Crippen molar-refractivity contribution >= 4 is 10.0 Å². The van der Waals surface area contributed by atoms with Gasteiger partial charge in [0.15, 0.2) is 4.90 Å². The Balaban J connectivity index is 2.35. The summed E-state index contributed by atoms with van der Waals surface area (Å²) in [5.74, 6) is 0. The lowest BCUT2D eigenvalue weighted by atomic mass is 10.2. The van der Waals surface area contributed by atoms with Crippen LogP contribution in [-0.2, 0) is 14.8 Å². The quantitative estimate of drug-likeness (QED) is 0.579.